The molecule has 122 valence electrons. The third-order valence-electron chi connectivity index (χ3n) is 3.40. The Labute approximate surface area is 155 Å². The van der Waals surface area contributed by atoms with E-state index in [0.29, 0.717) is 0 Å². The summed E-state index contributed by atoms with van der Waals surface area (Å²) in [6, 6.07) is 11.6. The van der Waals surface area contributed by atoms with Gasteiger partial charge in [0.05, 0.1) is 16.5 Å². The molecular formula is C17H10BrClFNO2S. The van der Waals surface area contributed by atoms with E-state index in [-0.39, 0.29) is 27.3 Å². The second kappa shape index (κ2) is 7.09. The molecule has 2 aromatic carbocycles. The van der Waals surface area contributed by atoms with Crippen LogP contribution in [0.4, 0.5) is 9.18 Å². The fraction of sp³-hybridized carbons (Fsp3) is 0.0588. The smallest absolute Gasteiger partial charge is 0.268 e. The molecule has 0 aromatic heterocycles. The molecule has 3 rings (SSSR count). The van der Waals surface area contributed by atoms with Gasteiger partial charge in [-0.1, -0.05) is 45.7 Å². The van der Waals surface area contributed by atoms with Crippen molar-refractivity contribution in [2.45, 2.75) is 6.54 Å². The van der Waals surface area contributed by atoms with Gasteiger partial charge in [-0.3, -0.25) is 14.5 Å². The van der Waals surface area contributed by atoms with Crippen LogP contribution in [0.2, 0.25) is 5.02 Å². The lowest BCUT2D eigenvalue weighted by Gasteiger charge is -2.12. The summed E-state index contributed by atoms with van der Waals surface area (Å²) in [7, 11) is 0. The minimum absolute atomic E-state index is 0.105. The van der Waals surface area contributed by atoms with Crippen molar-refractivity contribution in [2.24, 2.45) is 0 Å². The first-order valence-corrected chi connectivity index (χ1v) is 8.88. The topological polar surface area (TPSA) is 37.4 Å². The van der Waals surface area contributed by atoms with E-state index in [1.165, 1.54) is 24.3 Å². The highest BCUT2D eigenvalue weighted by Crippen LogP contribution is 2.35. The maximum Gasteiger partial charge on any atom is 0.293 e. The van der Waals surface area contributed by atoms with Gasteiger partial charge in [0.15, 0.2) is 0 Å². The molecule has 1 aliphatic heterocycles. The van der Waals surface area contributed by atoms with Crippen molar-refractivity contribution in [1.82, 2.24) is 4.90 Å². The van der Waals surface area contributed by atoms with Crippen LogP contribution in [0.15, 0.2) is 51.8 Å². The highest BCUT2D eigenvalue weighted by molar-refractivity contribution is 9.10. The molecule has 24 heavy (non-hydrogen) atoms. The summed E-state index contributed by atoms with van der Waals surface area (Å²) in [5.41, 5.74) is 0.930. The van der Waals surface area contributed by atoms with E-state index in [2.05, 4.69) is 15.9 Å². The van der Waals surface area contributed by atoms with Gasteiger partial charge < -0.3 is 0 Å². The van der Waals surface area contributed by atoms with Crippen molar-refractivity contribution in [3.05, 3.63) is 73.8 Å². The number of hydrogen-bond acceptors (Lipinski definition) is 3. The summed E-state index contributed by atoms with van der Waals surface area (Å²) in [5, 5.41) is -0.198. The average molecular weight is 427 g/mol. The largest absolute Gasteiger partial charge is 0.293 e. The van der Waals surface area contributed by atoms with E-state index in [1.807, 2.05) is 24.3 Å². The number of amides is 2. The average Bonchev–Trinajstić information content (AvgIpc) is 2.80. The minimum Gasteiger partial charge on any atom is -0.268 e. The van der Waals surface area contributed by atoms with Gasteiger partial charge in [0.1, 0.15) is 5.82 Å². The number of carbonyl (C=O) groups is 2. The van der Waals surface area contributed by atoms with Gasteiger partial charge in [-0.15, -0.1) is 0 Å². The van der Waals surface area contributed by atoms with E-state index in [9.17, 15) is 14.0 Å². The summed E-state index contributed by atoms with van der Waals surface area (Å²) in [5.74, 6) is -0.991. The third-order valence-corrected chi connectivity index (χ3v) is 5.17. The molecule has 1 heterocycles. The number of nitrogens with zero attached hydrogens (tertiary/aromatic N) is 1. The first-order chi connectivity index (χ1) is 11.5. The van der Waals surface area contributed by atoms with Crippen LogP contribution in [0.1, 0.15) is 11.1 Å². The van der Waals surface area contributed by atoms with E-state index in [1.54, 1.807) is 0 Å². The minimum atomic E-state index is -0.540. The lowest BCUT2D eigenvalue weighted by molar-refractivity contribution is -0.123. The highest BCUT2D eigenvalue weighted by atomic mass is 79.9. The Bertz CT molecular complexity index is 834. The summed E-state index contributed by atoms with van der Waals surface area (Å²) in [4.78, 5) is 25.9. The SMILES string of the molecule is O=C1S/C(=C\c2c(F)cccc2Cl)C(=O)N1Cc1ccc(Br)cc1. The lowest BCUT2D eigenvalue weighted by atomic mass is 10.2. The van der Waals surface area contributed by atoms with E-state index in [0.717, 1.165) is 26.7 Å². The molecule has 0 atom stereocenters. The summed E-state index contributed by atoms with van der Waals surface area (Å²) < 4.78 is 14.8. The molecule has 1 fully saturated rings. The second-order valence-corrected chi connectivity index (χ2v) is 7.35. The van der Waals surface area contributed by atoms with Gasteiger partial charge in [0.2, 0.25) is 0 Å². The van der Waals surface area contributed by atoms with Crippen molar-refractivity contribution >= 4 is 56.5 Å². The van der Waals surface area contributed by atoms with Gasteiger partial charge >= 0.3 is 0 Å². The zero-order valence-corrected chi connectivity index (χ0v) is 15.3. The number of rotatable bonds is 3. The Balaban J connectivity index is 1.86. The molecule has 1 aliphatic rings. The van der Waals surface area contributed by atoms with Gasteiger partial charge in [0.25, 0.3) is 11.1 Å². The summed E-state index contributed by atoms with van der Waals surface area (Å²) >= 11 is 10.1. The second-order valence-electron chi connectivity index (χ2n) is 5.03. The van der Waals surface area contributed by atoms with Crippen molar-refractivity contribution in [3.63, 3.8) is 0 Å². The molecule has 2 aromatic rings. The number of hydrogen-bond donors (Lipinski definition) is 0. The van der Waals surface area contributed by atoms with Crippen LogP contribution in [0, 0.1) is 5.82 Å². The maximum absolute atomic E-state index is 13.9. The van der Waals surface area contributed by atoms with Gasteiger partial charge in [-0.05, 0) is 47.7 Å². The predicted octanol–water partition coefficient (Wildman–Crippen LogP) is 5.48. The normalized spacial score (nSPS) is 16.3. The van der Waals surface area contributed by atoms with Gasteiger partial charge in [-0.25, -0.2) is 4.39 Å². The Morgan fingerprint density at radius 3 is 2.54 bits per heavy atom. The molecule has 0 radical (unpaired) electrons. The summed E-state index contributed by atoms with van der Waals surface area (Å²) in [6.07, 6.45) is 1.32. The Morgan fingerprint density at radius 2 is 1.88 bits per heavy atom. The quantitative estimate of drug-likeness (QED) is 0.610. The fourth-order valence-corrected chi connectivity index (χ4v) is 3.49. The standard InChI is InChI=1S/C17H10BrClFNO2S/c18-11-6-4-10(5-7-11)9-21-16(22)15(24-17(21)23)8-12-13(19)2-1-3-14(12)20/h1-8H,9H2/b15-8-. The Hall–Kier alpha value is -1.63. The zero-order chi connectivity index (χ0) is 17.3. The van der Waals surface area contributed by atoms with E-state index >= 15 is 0 Å². The number of carbonyl (C=O) groups excluding carboxylic acids is 2. The van der Waals surface area contributed by atoms with Crippen LogP contribution < -0.4 is 0 Å². The molecule has 0 aliphatic carbocycles. The van der Waals surface area contributed by atoms with Gasteiger partial charge in [-0.2, -0.15) is 0 Å². The molecule has 1 saturated heterocycles. The van der Waals surface area contributed by atoms with Crippen molar-refractivity contribution in [2.75, 3.05) is 0 Å². The van der Waals surface area contributed by atoms with E-state index in [4.69, 9.17) is 11.6 Å². The maximum atomic E-state index is 13.9. The molecule has 0 bridgehead atoms. The Morgan fingerprint density at radius 1 is 1.17 bits per heavy atom. The first-order valence-electron chi connectivity index (χ1n) is 6.89. The van der Waals surface area contributed by atoms with Crippen LogP contribution in [-0.2, 0) is 11.3 Å². The molecular weight excluding hydrogens is 417 g/mol. The monoisotopic (exact) mass is 425 g/mol. The predicted molar refractivity (Wildman–Crippen MR) is 97.1 cm³/mol. The fourth-order valence-electron chi connectivity index (χ4n) is 2.19. The van der Waals surface area contributed by atoms with Gasteiger partial charge in [0, 0.05) is 10.0 Å². The van der Waals surface area contributed by atoms with Crippen molar-refractivity contribution in [1.29, 1.82) is 0 Å². The zero-order valence-electron chi connectivity index (χ0n) is 12.1. The Kier molecular flexibility index (Phi) is 5.08. The van der Waals surface area contributed by atoms with Crippen LogP contribution in [0.25, 0.3) is 6.08 Å². The molecule has 2 amide bonds. The molecule has 0 N–H and O–H groups in total. The van der Waals surface area contributed by atoms with Crippen LogP contribution >= 0.6 is 39.3 Å². The van der Waals surface area contributed by atoms with Crippen LogP contribution in [0.5, 0.6) is 0 Å². The van der Waals surface area contributed by atoms with Crippen LogP contribution in [-0.4, -0.2) is 16.0 Å². The number of benzene rings is 2. The first kappa shape index (κ1) is 17.2. The molecule has 3 nitrogen and oxygen atoms in total. The molecule has 0 unspecified atom stereocenters. The molecule has 0 spiro atoms. The van der Waals surface area contributed by atoms with E-state index < -0.39 is 11.7 Å². The number of thioether (sulfide) groups is 1. The van der Waals surface area contributed by atoms with Crippen LogP contribution in [0.3, 0.4) is 0 Å². The molecule has 0 saturated carbocycles. The third kappa shape index (κ3) is 3.55. The lowest BCUT2D eigenvalue weighted by Crippen LogP contribution is -2.27. The van der Waals surface area contributed by atoms with Crippen molar-refractivity contribution < 1.29 is 14.0 Å². The highest BCUT2D eigenvalue weighted by Gasteiger charge is 2.35. The number of imide groups is 1. The number of halogens is 3. The summed E-state index contributed by atoms with van der Waals surface area (Å²) in [6.45, 7) is 0.167. The van der Waals surface area contributed by atoms with Crippen molar-refractivity contribution in [3.8, 4) is 0 Å². The molecule has 7 heteroatoms.